The van der Waals surface area contributed by atoms with Gasteiger partial charge in [-0.05, 0) is 39.0 Å². The normalized spacial score (nSPS) is 17.9. The third-order valence-electron chi connectivity index (χ3n) is 1.83. The minimum absolute atomic E-state index is 0.273. The molecule has 1 heterocycles. The van der Waals surface area contributed by atoms with Gasteiger partial charge in [0.2, 0.25) is 0 Å². The minimum atomic E-state index is 0.273. The van der Waals surface area contributed by atoms with Crippen molar-refractivity contribution < 1.29 is 0 Å². The number of allylic oxidation sites excluding steroid dienone is 2. The highest BCUT2D eigenvalue weighted by Crippen LogP contribution is 2.06. The molecule has 1 rings (SSSR count). The number of hydrogen-bond acceptors (Lipinski definition) is 3. The first-order valence-electron chi connectivity index (χ1n) is 4.92. The first-order valence-corrected chi connectivity index (χ1v) is 4.92. The van der Waals surface area contributed by atoms with Gasteiger partial charge in [0.15, 0.2) is 0 Å². The predicted molar refractivity (Wildman–Crippen MR) is 61.7 cm³/mol. The highest BCUT2D eigenvalue weighted by atomic mass is 14.8. The van der Waals surface area contributed by atoms with Gasteiger partial charge >= 0.3 is 0 Å². The van der Waals surface area contributed by atoms with Crippen LogP contribution in [0.3, 0.4) is 0 Å². The lowest BCUT2D eigenvalue weighted by atomic mass is 10.1. The first-order chi connectivity index (χ1) is 6.74. The molecule has 0 atom stereocenters. The number of aliphatic imine (C=N–C) groups is 2. The molecule has 2 N–H and O–H groups in total. The molecule has 0 saturated carbocycles. The van der Waals surface area contributed by atoms with Crippen LogP contribution < -0.4 is 5.73 Å². The molecule has 0 radical (unpaired) electrons. The van der Waals surface area contributed by atoms with Gasteiger partial charge in [-0.25, -0.2) is 0 Å². The van der Waals surface area contributed by atoms with Crippen LogP contribution in [-0.4, -0.2) is 17.5 Å². The van der Waals surface area contributed by atoms with Crippen LogP contribution in [0.15, 0.2) is 34.5 Å². The fraction of sp³-hybridized carbons (Fsp3) is 0.455. The Morgan fingerprint density at radius 3 is 2.93 bits per heavy atom. The van der Waals surface area contributed by atoms with E-state index in [0.29, 0.717) is 0 Å². The summed E-state index contributed by atoms with van der Waals surface area (Å²) in [5, 5.41) is 0. The van der Waals surface area contributed by atoms with E-state index in [9.17, 15) is 0 Å². The van der Waals surface area contributed by atoms with Crippen molar-refractivity contribution >= 4 is 11.4 Å². The van der Waals surface area contributed by atoms with Crippen molar-refractivity contribution in [3.8, 4) is 0 Å². The van der Waals surface area contributed by atoms with E-state index in [4.69, 9.17) is 5.73 Å². The Morgan fingerprint density at radius 1 is 1.64 bits per heavy atom. The maximum Gasteiger partial charge on any atom is 0.0806 e. The van der Waals surface area contributed by atoms with Crippen LogP contribution in [0.2, 0.25) is 0 Å². The van der Waals surface area contributed by atoms with E-state index in [-0.39, 0.29) is 6.04 Å². The smallest absolute Gasteiger partial charge is 0.0806 e. The van der Waals surface area contributed by atoms with E-state index in [1.165, 1.54) is 6.20 Å². The summed E-state index contributed by atoms with van der Waals surface area (Å²) in [4.78, 5) is 8.78. The summed E-state index contributed by atoms with van der Waals surface area (Å²) in [5.41, 5.74) is 7.32. The topological polar surface area (TPSA) is 50.7 Å². The highest BCUT2D eigenvalue weighted by Gasteiger charge is 2.07. The molecule has 14 heavy (non-hydrogen) atoms. The van der Waals surface area contributed by atoms with Gasteiger partial charge in [0, 0.05) is 12.2 Å². The first kappa shape index (κ1) is 10.7. The standard InChI is InChI=1S/C11H17N3/c1-9(2)14-11(6-7-12)10-5-3-4-8-13-10/h4,6-9H,3,5,12H2,1-2H3/b7-6-,14-11+. The molecule has 0 spiro atoms. The van der Waals surface area contributed by atoms with Crippen LogP contribution in [0.1, 0.15) is 26.7 Å². The Kier molecular flexibility index (Phi) is 4.11. The van der Waals surface area contributed by atoms with Gasteiger partial charge in [-0.2, -0.15) is 0 Å². The summed E-state index contributed by atoms with van der Waals surface area (Å²) in [6.45, 7) is 4.09. The number of rotatable bonds is 3. The lowest BCUT2D eigenvalue weighted by Crippen LogP contribution is -2.15. The number of hydrogen-bond donors (Lipinski definition) is 1. The van der Waals surface area contributed by atoms with Crippen molar-refractivity contribution in [2.24, 2.45) is 15.7 Å². The van der Waals surface area contributed by atoms with E-state index >= 15 is 0 Å². The molecule has 1 aliphatic rings. The molecule has 3 heteroatoms. The second-order valence-electron chi connectivity index (χ2n) is 3.47. The van der Waals surface area contributed by atoms with Crippen molar-refractivity contribution in [1.29, 1.82) is 0 Å². The van der Waals surface area contributed by atoms with E-state index in [1.54, 1.807) is 0 Å². The van der Waals surface area contributed by atoms with Crippen molar-refractivity contribution in [3.63, 3.8) is 0 Å². The second-order valence-corrected chi connectivity index (χ2v) is 3.47. The van der Waals surface area contributed by atoms with Gasteiger partial charge in [-0.1, -0.05) is 6.08 Å². The van der Waals surface area contributed by atoms with Crippen molar-refractivity contribution in [1.82, 2.24) is 0 Å². The predicted octanol–water partition coefficient (Wildman–Crippen LogP) is 2.06. The van der Waals surface area contributed by atoms with E-state index in [2.05, 4.69) is 16.1 Å². The zero-order valence-electron chi connectivity index (χ0n) is 8.77. The molecule has 76 valence electrons. The van der Waals surface area contributed by atoms with Crippen LogP contribution >= 0.6 is 0 Å². The Hall–Kier alpha value is -1.38. The number of nitrogens with zero attached hydrogens (tertiary/aromatic N) is 2. The summed E-state index contributed by atoms with van der Waals surface area (Å²) < 4.78 is 0. The molecule has 0 aromatic heterocycles. The fourth-order valence-electron chi connectivity index (χ4n) is 1.28. The fourth-order valence-corrected chi connectivity index (χ4v) is 1.28. The molecule has 0 fully saturated rings. The summed E-state index contributed by atoms with van der Waals surface area (Å²) in [6.07, 6.45) is 9.21. The third-order valence-corrected chi connectivity index (χ3v) is 1.83. The molecule has 0 amide bonds. The van der Waals surface area contributed by atoms with Crippen molar-refractivity contribution in [3.05, 3.63) is 24.6 Å². The van der Waals surface area contributed by atoms with Crippen LogP contribution in [0.4, 0.5) is 0 Å². The molecule has 0 bridgehead atoms. The Labute approximate surface area is 85.1 Å². The highest BCUT2D eigenvalue weighted by molar-refractivity contribution is 6.46. The quantitative estimate of drug-likeness (QED) is 0.682. The Balaban J connectivity index is 2.87. The van der Waals surface area contributed by atoms with Crippen LogP contribution in [0.5, 0.6) is 0 Å². The van der Waals surface area contributed by atoms with Gasteiger partial charge in [0.1, 0.15) is 0 Å². The van der Waals surface area contributed by atoms with Gasteiger partial charge in [-0.3, -0.25) is 9.98 Å². The minimum Gasteiger partial charge on any atom is -0.405 e. The average Bonchev–Trinajstić information content (AvgIpc) is 2.18. The molecule has 0 aliphatic carbocycles. The molecule has 0 aromatic carbocycles. The molecular formula is C11H17N3. The zero-order chi connectivity index (χ0) is 10.4. The number of nitrogens with two attached hydrogens (primary N) is 1. The van der Waals surface area contributed by atoms with Gasteiger partial charge in [0.05, 0.1) is 11.4 Å². The van der Waals surface area contributed by atoms with Crippen molar-refractivity contribution in [2.75, 3.05) is 0 Å². The maximum atomic E-state index is 5.38. The lowest BCUT2D eigenvalue weighted by Gasteiger charge is -2.09. The maximum absolute atomic E-state index is 5.38. The summed E-state index contributed by atoms with van der Waals surface area (Å²) in [5.74, 6) is 0. The SMILES string of the molecule is CC(C)/N=C(\C=C/N)C1=NC=CCC1. The molecule has 1 aliphatic heterocycles. The summed E-state index contributed by atoms with van der Waals surface area (Å²) in [7, 11) is 0. The Bertz CT molecular complexity index is 296. The lowest BCUT2D eigenvalue weighted by molar-refractivity contribution is 0.838. The molecule has 0 unspecified atom stereocenters. The zero-order valence-corrected chi connectivity index (χ0v) is 8.77. The van der Waals surface area contributed by atoms with Gasteiger partial charge in [-0.15, -0.1) is 0 Å². The van der Waals surface area contributed by atoms with E-state index in [0.717, 1.165) is 24.3 Å². The monoisotopic (exact) mass is 191 g/mol. The third kappa shape index (κ3) is 3.17. The molecule has 0 aromatic rings. The van der Waals surface area contributed by atoms with Crippen LogP contribution in [0.25, 0.3) is 0 Å². The summed E-state index contributed by atoms with van der Waals surface area (Å²) in [6, 6.07) is 0.273. The average molecular weight is 191 g/mol. The summed E-state index contributed by atoms with van der Waals surface area (Å²) >= 11 is 0. The molecule has 3 nitrogen and oxygen atoms in total. The largest absolute Gasteiger partial charge is 0.405 e. The second kappa shape index (κ2) is 5.37. The van der Waals surface area contributed by atoms with Gasteiger partial charge in [0.25, 0.3) is 0 Å². The van der Waals surface area contributed by atoms with E-state index in [1.807, 2.05) is 26.1 Å². The van der Waals surface area contributed by atoms with Crippen LogP contribution in [-0.2, 0) is 0 Å². The molecule has 0 saturated heterocycles. The van der Waals surface area contributed by atoms with E-state index < -0.39 is 0 Å². The van der Waals surface area contributed by atoms with Crippen molar-refractivity contribution in [2.45, 2.75) is 32.7 Å². The Morgan fingerprint density at radius 2 is 2.43 bits per heavy atom. The molecular weight excluding hydrogens is 174 g/mol. The van der Waals surface area contributed by atoms with Crippen LogP contribution in [0, 0.1) is 0 Å². The van der Waals surface area contributed by atoms with Gasteiger partial charge < -0.3 is 5.73 Å².